The molecule has 138 valence electrons. The molecule has 0 radical (unpaired) electrons. The van der Waals surface area contributed by atoms with Gasteiger partial charge in [0.25, 0.3) is 0 Å². The van der Waals surface area contributed by atoms with E-state index in [9.17, 15) is 4.79 Å². The number of halogens is 2. The third-order valence-corrected chi connectivity index (χ3v) is 4.57. The molecular weight excluding hydrogens is 337 g/mol. The minimum absolute atomic E-state index is 0. The predicted molar refractivity (Wildman–Crippen MR) is 98.9 cm³/mol. The van der Waals surface area contributed by atoms with Gasteiger partial charge in [0.1, 0.15) is 0 Å². The Labute approximate surface area is 153 Å². The van der Waals surface area contributed by atoms with E-state index in [4.69, 9.17) is 4.74 Å². The van der Waals surface area contributed by atoms with Gasteiger partial charge in [-0.05, 0) is 58.8 Å². The molecule has 0 aromatic carbocycles. The molecule has 0 saturated carbocycles. The van der Waals surface area contributed by atoms with Crippen LogP contribution in [0, 0.1) is 0 Å². The predicted octanol–water partition coefficient (Wildman–Crippen LogP) is 1.93. The van der Waals surface area contributed by atoms with E-state index in [1.54, 1.807) is 0 Å². The highest BCUT2D eigenvalue weighted by Crippen LogP contribution is 2.15. The van der Waals surface area contributed by atoms with Crippen LogP contribution >= 0.6 is 24.8 Å². The Morgan fingerprint density at radius 3 is 2.39 bits per heavy atom. The topological polar surface area (TPSA) is 44.8 Å². The monoisotopic (exact) mass is 369 g/mol. The number of nitrogens with zero attached hydrogens (tertiary/aromatic N) is 2. The second-order valence-electron chi connectivity index (χ2n) is 6.21. The fourth-order valence-electron chi connectivity index (χ4n) is 3.20. The maximum Gasteiger partial charge on any atom is 0.222 e. The van der Waals surface area contributed by atoms with Crippen LogP contribution in [0.5, 0.6) is 0 Å². The number of hydrogen-bond acceptors (Lipinski definition) is 4. The zero-order chi connectivity index (χ0) is 14.9. The third-order valence-electron chi connectivity index (χ3n) is 4.57. The van der Waals surface area contributed by atoms with Gasteiger partial charge >= 0.3 is 0 Å². The van der Waals surface area contributed by atoms with Crippen molar-refractivity contribution in [2.45, 2.75) is 44.6 Å². The van der Waals surface area contributed by atoms with E-state index >= 15 is 0 Å². The van der Waals surface area contributed by atoms with E-state index in [1.807, 2.05) is 11.9 Å². The molecular formula is C16H33Cl2N3O2. The van der Waals surface area contributed by atoms with Crippen LogP contribution in [-0.4, -0.2) is 74.7 Å². The largest absolute Gasteiger partial charge is 0.377 e. The van der Waals surface area contributed by atoms with Crippen LogP contribution in [0.25, 0.3) is 0 Å². The zero-order valence-corrected chi connectivity index (χ0v) is 15.9. The van der Waals surface area contributed by atoms with Crippen LogP contribution in [0.1, 0.15) is 38.5 Å². The van der Waals surface area contributed by atoms with Gasteiger partial charge in [0, 0.05) is 26.1 Å². The summed E-state index contributed by atoms with van der Waals surface area (Å²) in [4.78, 5) is 16.5. The molecule has 2 aliphatic rings. The summed E-state index contributed by atoms with van der Waals surface area (Å²) < 4.78 is 5.98. The van der Waals surface area contributed by atoms with Crippen molar-refractivity contribution in [2.75, 3.05) is 52.9 Å². The molecule has 0 aromatic heterocycles. The van der Waals surface area contributed by atoms with Gasteiger partial charge in [0.05, 0.1) is 12.7 Å². The Bertz CT molecular complexity index is 308. The third kappa shape index (κ3) is 8.54. The number of rotatable bonds is 8. The summed E-state index contributed by atoms with van der Waals surface area (Å²) in [7, 11) is 1.93. The average molecular weight is 370 g/mol. The van der Waals surface area contributed by atoms with Gasteiger partial charge in [-0.3, -0.25) is 4.79 Å². The van der Waals surface area contributed by atoms with Crippen LogP contribution in [0.3, 0.4) is 0 Å². The van der Waals surface area contributed by atoms with Crippen LogP contribution in [0.2, 0.25) is 0 Å². The molecule has 23 heavy (non-hydrogen) atoms. The molecule has 0 bridgehead atoms. The van der Waals surface area contributed by atoms with E-state index in [2.05, 4.69) is 10.2 Å². The van der Waals surface area contributed by atoms with Crippen molar-refractivity contribution in [3.8, 4) is 0 Å². The summed E-state index contributed by atoms with van der Waals surface area (Å²) in [6.45, 7) is 7.05. The number of carbonyl (C=O) groups is 1. The normalized spacial score (nSPS) is 19.3. The first kappa shape index (κ1) is 22.9. The maximum absolute atomic E-state index is 12.0. The highest BCUT2D eigenvalue weighted by atomic mass is 35.5. The molecule has 0 atom stereocenters. The minimum atomic E-state index is 0. The van der Waals surface area contributed by atoms with E-state index in [0.29, 0.717) is 18.4 Å². The second-order valence-corrected chi connectivity index (χ2v) is 6.21. The lowest BCUT2D eigenvalue weighted by Gasteiger charge is -2.32. The Balaban J connectivity index is 0.00000242. The molecule has 0 spiro atoms. The molecule has 1 amide bonds. The van der Waals surface area contributed by atoms with Crippen LogP contribution in [-0.2, 0) is 9.53 Å². The summed E-state index contributed by atoms with van der Waals surface area (Å²) >= 11 is 0. The maximum atomic E-state index is 12.0. The molecule has 2 aliphatic heterocycles. The standard InChI is InChI=1S/C16H31N3O2.2ClH/c1-17-8-4-5-16(20)19-11-6-15(7-12-19)21-14-13-18-9-2-3-10-18;;/h15,17H,2-14H2,1H3;2*1H. The van der Waals surface area contributed by atoms with Crippen molar-refractivity contribution in [3.05, 3.63) is 0 Å². The average Bonchev–Trinajstić information content (AvgIpc) is 3.01. The van der Waals surface area contributed by atoms with E-state index in [-0.39, 0.29) is 24.8 Å². The summed E-state index contributed by atoms with van der Waals surface area (Å²) in [6.07, 6.45) is 6.63. The van der Waals surface area contributed by atoms with Crippen molar-refractivity contribution in [1.82, 2.24) is 15.1 Å². The Morgan fingerprint density at radius 2 is 1.78 bits per heavy atom. The number of amides is 1. The van der Waals surface area contributed by atoms with Gasteiger partial charge in [0.15, 0.2) is 0 Å². The van der Waals surface area contributed by atoms with Crippen LogP contribution in [0.4, 0.5) is 0 Å². The molecule has 2 heterocycles. The highest BCUT2D eigenvalue weighted by molar-refractivity contribution is 5.85. The second kappa shape index (κ2) is 13.2. The lowest BCUT2D eigenvalue weighted by molar-refractivity contribution is -0.133. The van der Waals surface area contributed by atoms with Crippen molar-refractivity contribution < 1.29 is 9.53 Å². The number of hydrogen-bond donors (Lipinski definition) is 1. The number of likely N-dealkylation sites (tertiary alicyclic amines) is 2. The molecule has 1 N–H and O–H groups in total. The van der Waals surface area contributed by atoms with E-state index in [1.165, 1.54) is 25.9 Å². The van der Waals surface area contributed by atoms with Gasteiger partial charge in [-0.1, -0.05) is 0 Å². The van der Waals surface area contributed by atoms with E-state index < -0.39 is 0 Å². The van der Waals surface area contributed by atoms with Crippen molar-refractivity contribution >= 4 is 30.7 Å². The summed E-state index contributed by atoms with van der Waals surface area (Å²) in [5.74, 6) is 0.306. The lowest BCUT2D eigenvalue weighted by Crippen LogP contribution is -2.41. The first-order valence-corrected chi connectivity index (χ1v) is 8.56. The minimum Gasteiger partial charge on any atom is -0.377 e. The van der Waals surface area contributed by atoms with Gasteiger partial charge in [-0.2, -0.15) is 0 Å². The molecule has 2 fully saturated rings. The number of piperidine rings is 1. The SMILES string of the molecule is CNCCCC(=O)N1CCC(OCCN2CCCC2)CC1.Cl.Cl. The van der Waals surface area contributed by atoms with Crippen molar-refractivity contribution in [3.63, 3.8) is 0 Å². The number of ether oxygens (including phenoxy) is 1. The van der Waals surface area contributed by atoms with Crippen LogP contribution in [0.15, 0.2) is 0 Å². The lowest BCUT2D eigenvalue weighted by atomic mass is 10.1. The summed E-state index contributed by atoms with van der Waals surface area (Å²) in [5.41, 5.74) is 0. The smallest absolute Gasteiger partial charge is 0.222 e. The van der Waals surface area contributed by atoms with Gasteiger partial charge in [-0.25, -0.2) is 0 Å². The zero-order valence-electron chi connectivity index (χ0n) is 14.3. The number of nitrogens with one attached hydrogen (secondary N) is 1. The number of carbonyl (C=O) groups excluding carboxylic acids is 1. The Kier molecular flexibility index (Phi) is 13.2. The first-order chi connectivity index (χ1) is 10.3. The molecule has 5 nitrogen and oxygen atoms in total. The summed E-state index contributed by atoms with van der Waals surface area (Å²) in [6, 6.07) is 0. The summed E-state index contributed by atoms with van der Waals surface area (Å²) in [5, 5.41) is 3.08. The first-order valence-electron chi connectivity index (χ1n) is 8.56. The fourth-order valence-corrected chi connectivity index (χ4v) is 3.20. The molecule has 2 rings (SSSR count). The fraction of sp³-hybridized carbons (Fsp3) is 0.938. The quantitative estimate of drug-likeness (QED) is 0.664. The van der Waals surface area contributed by atoms with Gasteiger partial charge < -0.3 is 19.9 Å². The Morgan fingerprint density at radius 1 is 1.13 bits per heavy atom. The molecule has 7 heteroatoms. The van der Waals surface area contributed by atoms with Gasteiger partial charge in [-0.15, -0.1) is 24.8 Å². The molecule has 0 aromatic rings. The van der Waals surface area contributed by atoms with Crippen molar-refractivity contribution in [2.24, 2.45) is 0 Å². The Hall–Kier alpha value is -0.0700. The molecule has 2 saturated heterocycles. The highest BCUT2D eigenvalue weighted by Gasteiger charge is 2.23. The van der Waals surface area contributed by atoms with Crippen LogP contribution < -0.4 is 5.32 Å². The molecule has 0 unspecified atom stereocenters. The molecule has 0 aliphatic carbocycles. The van der Waals surface area contributed by atoms with E-state index in [0.717, 1.165) is 52.0 Å². The van der Waals surface area contributed by atoms with Gasteiger partial charge in [0.2, 0.25) is 5.91 Å². The van der Waals surface area contributed by atoms with Crippen molar-refractivity contribution in [1.29, 1.82) is 0 Å².